The molecule has 2 aromatic carbocycles. The maximum Gasteiger partial charge on any atom is 0.261 e. The highest BCUT2D eigenvalue weighted by molar-refractivity contribution is 6.99. The van der Waals surface area contributed by atoms with Crippen molar-refractivity contribution in [1.82, 2.24) is 10.3 Å². The summed E-state index contributed by atoms with van der Waals surface area (Å²) in [6.45, 7) is 9.14. The summed E-state index contributed by atoms with van der Waals surface area (Å²) in [5, 5.41) is 5.86. The number of methoxy groups -OCH3 is 1. The first-order valence-corrected chi connectivity index (χ1v) is 15.2. The van der Waals surface area contributed by atoms with Crippen LogP contribution in [0.25, 0.3) is 0 Å². The highest BCUT2D eigenvalue weighted by Crippen LogP contribution is 2.60. The summed E-state index contributed by atoms with van der Waals surface area (Å²) in [5.41, 5.74) is 0.561. The second kappa shape index (κ2) is 10.1. The van der Waals surface area contributed by atoms with Crippen LogP contribution < -0.4 is 20.4 Å². The van der Waals surface area contributed by atoms with E-state index in [1.165, 1.54) is 10.4 Å². The minimum Gasteiger partial charge on any atom is -0.481 e. The number of benzene rings is 2. The summed E-state index contributed by atoms with van der Waals surface area (Å²) in [4.78, 5) is 16.9. The molecule has 2 saturated carbocycles. The lowest BCUT2D eigenvalue weighted by Crippen LogP contribution is -2.67. The minimum atomic E-state index is -2.54. The zero-order valence-corrected chi connectivity index (χ0v) is 23.5. The van der Waals surface area contributed by atoms with E-state index in [9.17, 15) is 4.79 Å². The fourth-order valence-electron chi connectivity index (χ4n) is 6.64. The standard InChI is InChI=1S/C31H38N2O3Si/c1-21(33-30(34)22-16-17-28(35-5)32-20-22)29-26-18-23(19-27(26)29)36-37(31(2,3)4,24-12-8-6-9-13-24)25-14-10-7-11-15-25/h6-17,20-21,23,26-27,29H,18-19H2,1-5H3,(H,33,34)/t21?,23-,26-,27+,29+. The van der Waals surface area contributed by atoms with Gasteiger partial charge in [0.05, 0.1) is 12.7 Å². The van der Waals surface area contributed by atoms with Gasteiger partial charge < -0.3 is 14.5 Å². The first kappa shape index (κ1) is 25.7. The monoisotopic (exact) mass is 514 g/mol. The Kier molecular flexibility index (Phi) is 6.99. The smallest absolute Gasteiger partial charge is 0.261 e. The number of pyridine rings is 1. The van der Waals surface area contributed by atoms with Crippen molar-refractivity contribution in [3.63, 3.8) is 0 Å². The average Bonchev–Trinajstić information content (AvgIpc) is 3.42. The van der Waals surface area contributed by atoms with Crippen molar-refractivity contribution >= 4 is 24.6 Å². The van der Waals surface area contributed by atoms with E-state index in [0.717, 1.165) is 12.8 Å². The SMILES string of the molecule is COc1ccc(C(=O)NC(C)[C@H]2[C@@H]3C[C@@H](O[Si](c4ccccc4)(c4ccccc4)C(C)(C)C)C[C@@H]32)cn1. The Morgan fingerprint density at radius 1 is 0.946 bits per heavy atom. The molecule has 5 nitrogen and oxygen atoms in total. The van der Waals surface area contributed by atoms with Crippen LogP contribution in [-0.2, 0) is 4.43 Å². The predicted molar refractivity (Wildman–Crippen MR) is 150 cm³/mol. The number of nitrogens with zero attached hydrogens (tertiary/aromatic N) is 1. The molecule has 6 heteroatoms. The van der Waals surface area contributed by atoms with Gasteiger partial charge in [-0.3, -0.25) is 4.79 Å². The Morgan fingerprint density at radius 2 is 1.51 bits per heavy atom. The van der Waals surface area contributed by atoms with Crippen molar-refractivity contribution < 1.29 is 14.0 Å². The van der Waals surface area contributed by atoms with Crippen molar-refractivity contribution in [1.29, 1.82) is 0 Å². The number of nitrogens with one attached hydrogen (secondary N) is 1. The molecule has 1 aromatic heterocycles. The minimum absolute atomic E-state index is 0.0183. The number of hydrogen-bond donors (Lipinski definition) is 1. The van der Waals surface area contributed by atoms with Crippen molar-refractivity contribution in [3.05, 3.63) is 84.6 Å². The van der Waals surface area contributed by atoms with E-state index < -0.39 is 8.32 Å². The third-order valence-corrected chi connectivity index (χ3v) is 13.5. The number of ether oxygens (including phenoxy) is 1. The van der Waals surface area contributed by atoms with E-state index in [1.807, 2.05) is 0 Å². The van der Waals surface area contributed by atoms with E-state index in [1.54, 1.807) is 25.4 Å². The molecule has 2 aliphatic carbocycles. The molecule has 1 amide bonds. The third kappa shape index (κ3) is 4.85. The molecule has 194 valence electrons. The number of hydrogen-bond acceptors (Lipinski definition) is 4. The Bertz CT molecular complexity index is 1160. The quantitative estimate of drug-likeness (QED) is 0.438. The highest BCUT2D eigenvalue weighted by Gasteiger charge is 2.61. The zero-order valence-electron chi connectivity index (χ0n) is 22.5. The first-order valence-electron chi connectivity index (χ1n) is 13.3. The van der Waals surface area contributed by atoms with Crippen LogP contribution in [0.3, 0.4) is 0 Å². The van der Waals surface area contributed by atoms with Crippen molar-refractivity contribution in [2.75, 3.05) is 7.11 Å². The Hall–Kier alpha value is -2.96. The molecular formula is C31H38N2O3Si. The van der Waals surface area contributed by atoms with Gasteiger partial charge in [-0.1, -0.05) is 81.4 Å². The van der Waals surface area contributed by atoms with Gasteiger partial charge in [0.15, 0.2) is 0 Å². The number of amides is 1. The Balaban J connectivity index is 1.29. The maximum absolute atomic E-state index is 12.8. The highest BCUT2D eigenvalue weighted by atomic mass is 28.4. The summed E-state index contributed by atoms with van der Waals surface area (Å²) < 4.78 is 12.5. The van der Waals surface area contributed by atoms with Crippen LogP contribution in [-0.4, -0.2) is 38.5 Å². The molecule has 37 heavy (non-hydrogen) atoms. The van der Waals surface area contributed by atoms with E-state index in [2.05, 4.69) is 98.7 Å². The van der Waals surface area contributed by atoms with Crippen LogP contribution in [0.5, 0.6) is 5.88 Å². The number of fused-ring (bicyclic) bond motifs is 1. The molecule has 0 radical (unpaired) electrons. The molecule has 0 spiro atoms. The van der Waals surface area contributed by atoms with Crippen LogP contribution in [0.1, 0.15) is 50.9 Å². The van der Waals surface area contributed by atoms with Crippen LogP contribution in [0.2, 0.25) is 5.04 Å². The molecule has 5 rings (SSSR count). The van der Waals surface area contributed by atoms with Gasteiger partial charge in [0, 0.05) is 24.4 Å². The normalized spacial score (nSPS) is 23.7. The molecule has 1 unspecified atom stereocenters. The lowest BCUT2D eigenvalue weighted by molar-refractivity contribution is 0.0929. The largest absolute Gasteiger partial charge is 0.481 e. The molecule has 2 aliphatic rings. The molecule has 3 aromatic rings. The number of carbonyl (C=O) groups is 1. The summed E-state index contributed by atoms with van der Waals surface area (Å²) in [6.07, 6.45) is 3.93. The van der Waals surface area contributed by atoms with Crippen molar-refractivity contribution in [2.45, 2.75) is 57.7 Å². The van der Waals surface area contributed by atoms with E-state index in [0.29, 0.717) is 29.2 Å². The van der Waals surface area contributed by atoms with Crippen LogP contribution in [0.15, 0.2) is 79.0 Å². The van der Waals surface area contributed by atoms with Gasteiger partial charge >= 0.3 is 0 Å². The molecule has 2 fully saturated rings. The predicted octanol–water partition coefficient (Wildman–Crippen LogP) is 4.81. The molecule has 0 bridgehead atoms. The summed E-state index contributed by atoms with van der Waals surface area (Å²) >= 11 is 0. The summed E-state index contributed by atoms with van der Waals surface area (Å²) in [7, 11) is -0.968. The average molecular weight is 515 g/mol. The second-order valence-corrected chi connectivity index (χ2v) is 15.9. The molecule has 0 aliphatic heterocycles. The fourth-order valence-corrected chi connectivity index (χ4v) is 11.3. The van der Waals surface area contributed by atoms with Crippen molar-refractivity contribution in [3.8, 4) is 5.88 Å². The zero-order chi connectivity index (χ0) is 26.2. The third-order valence-electron chi connectivity index (χ3n) is 8.37. The molecule has 5 atom stereocenters. The van der Waals surface area contributed by atoms with Crippen LogP contribution in [0.4, 0.5) is 0 Å². The van der Waals surface area contributed by atoms with Gasteiger partial charge in [0.1, 0.15) is 0 Å². The Morgan fingerprint density at radius 3 is 1.97 bits per heavy atom. The van der Waals surface area contributed by atoms with E-state index in [4.69, 9.17) is 9.16 Å². The van der Waals surface area contributed by atoms with Gasteiger partial charge in [0.25, 0.3) is 14.2 Å². The van der Waals surface area contributed by atoms with Gasteiger partial charge in [-0.25, -0.2) is 4.98 Å². The Labute approximate surface area is 221 Å². The maximum atomic E-state index is 12.8. The topological polar surface area (TPSA) is 60.5 Å². The number of aromatic nitrogens is 1. The second-order valence-electron chi connectivity index (χ2n) is 11.6. The number of carbonyl (C=O) groups excluding carboxylic acids is 1. The van der Waals surface area contributed by atoms with Crippen LogP contribution >= 0.6 is 0 Å². The molecule has 0 saturated heterocycles. The fraction of sp³-hybridized carbons (Fsp3) is 0.419. The lowest BCUT2D eigenvalue weighted by atomic mass is 10.0. The summed E-state index contributed by atoms with van der Waals surface area (Å²) in [6, 6.07) is 25.4. The van der Waals surface area contributed by atoms with Gasteiger partial charge in [-0.2, -0.15) is 0 Å². The number of rotatable bonds is 8. The summed E-state index contributed by atoms with van der Waals surface area (Å²) in [5.74, 6) is 2.15. The van der Waals surface area contributed by atoms with Gasteiger partial charge in [-0.05, 0) is 59.0 Å². The van der Waals surface area contributed by atoms with E-state index in [-0.39, 0.29) is 23.1 Å². The lowest BCUT2D eigenvalue weighted by Gasteiger charge is -2.45. The van der Waals surface area contributed by atoms with E-state index >= 15 is 0 Å². The van der Waals surface area contributed by atoms with Crippen LogP contribution in [0, 0.1) is 17.8 Å². The molecular weight excluding hydrogens is 476 g/mol. The first-order chi connectivity index (χ1) is 17.7. The van der Waals surface area contributed by atoms with Gasteiger partial charge in [-0.15, -0.1) is 0 Å². The van der Waals surface area contributed by atoms with Crippen molar-refractivity contribution in [2.24, 2.45) is 17.8 Å². The molecule has 1 N–H and O–H groups in total. The van der Waals surface area contributed by atoms with Gasteiger partial charge in [0.2, 0.25) is 5.88 Å². The molecule has 1 heterocycles.